The van der Waals surface area contributed by atoms with Crippen LogP contribution in [-0.2, 0) is 22.9 Å². The summed E-state index contributed by atoms with van der Waals surface area (Å²) in [6.07, 6.45) is 3.27. The van der Waals surface area contributed by atoms with Gasteiger partial charge in [0.2, 0.25) is 0 Å². The van der Waals surface area contributed by atoms with Gasteiger partial charge in [0.1, 0.15) is 0 Å². The lowest BCUT2D eigenvalue weighted by Crippen LogP contribution is -2.19. The lowest BCUT2D eigenvalue weighted by molar-refractivity contribution is 0.595. The zero-order chi connectivity index (χ0) is 20.6. The van der Waals surface area contributed by atoms with E-state index >= 15 is 0 Å². The highest BCUT2D eigenvalue weighted by atomic mass is 32.2. The molecule has 3 nitrogen and oxygen atoms in total. The molecule has 0 unspecified atom stereocenters. The number of benzene rings is 2. The molecule has 0 aromatic heterocycles. The predicted octanol–water partition coefficient (Wildman–Crippen LogP) is 6.35. The second-order valence-electron chi connectivity index (χ2n) is 8.94. The third-order valence-electron chi connectivity index (χ3n) is 5.70. The minimum absolute atomic E-state index is 0.128. The molecule has 2 aromatic rings. The molecule has 1 N–H and O–H groups in total. The Labute approximate surface area is 170 Å². The Morgan fingerprint density at radius 2 is 1.36 bits per heavy atom. The summed E-state index contributed by atoms with van der Waals surface area (Å²) in [5, 5.41) is 0. The van der Waals surface area contributed by atoms with E-state index in [9.17, 15) is 8.42 Å². The highest BCUT2D eigenvalue weighted by Crippen LogP contribution is 2.36. The van der Waals surface area contributed by atoms with Crippen molar-refractivity contribution in [3.63, 3.8) is 0 Å². The van der Waals surface area contributed by atoms with Crippen LogP contribution in [0.15, 0.2) is 35.2 Å². The van der Waals surface area contributed by atoms with E-state index in [4.69, 9.17) is 0 Å². The monoisotopic (exact) mass is 399 g/mol. The summed E-state index contributed by atoms with van der Waals surface area (Å²) in [4.78, 5) is 0.461. The van der Waals surface area contributed by atoms with Crippen molar-refractivity contribution in [1.82, 2.24) is 0 Å². The van der Waals surface area contributed by atoms with Crippen molar-refractivity contribution in [3.05, 3.63) is 58.1 Å². The number of hydrogen-bond acceptors (Lipinski definition) is 2. The molecule has 0 saturated heterocycles. The molecule has 1 aliphatic carbocycles. The molecule has 0 heterocycles. The number of sulfonamides is 1. The Hall–Kier alpha value is -1.81. The molecule has 2 aromatic carbocycles. The molecule has 4 heteroatoms. The Morgan fingerprint density at radius 3 is 1.89 bits per heavy atom. The fourth-order valence-electron chi connectivity index (χ4n) is 4.04. The molecular formula is C24H33NO2S. The predicted molar refractivity (Wildman–Crippen MR) is 118 cm³/mol. The molecule has 152 valence electrons. The van der Waals surface area contributed by atoms with Crippen LogP contribution >= 0.6 is 0 Å². The van der Waals surface area contributed by atoms with E-state index in [0.29, 0.717) is 16.5 Å². The largest absolute Gasteiger partial charge is 0.280 e. The summed E-state index contributed by atoms with van der Waals surface area (Å²) in [6, 6.07) is 10.1. The molecule has 0 fully saturated rings. The van der Waals surface area contributed by atoms with Crippen LogP contribution in [0.5, 0.6) is 0 Å². The van der Waals surface area contributed by atoms with E-state index < -0.39 is 10.0 Å². The standard InChI is InChI=1S/C24H33NO2S/c1-15(2)20-13-22(16(3)4)24(23(14-20)17(5)6)28(26,27)25-21-11-10-18-8-7-9-19(18)12-21/h10-17,25H,7-9H2,1-6H3. The van der Waals surface area contributed by atoms with Gasteiger partial charge >= 0.3 is 0 Å². The zero-order valence-electron chi connectivity index (χ0n) is 18.0. The second kappa shape index (κ2) is 7.90. The first kappa shape index (κ1) is 20.9. The Kier molecular flexibility index (Phi) is 5.90. The molecule has 0 amide bonds. The van der Waals surface area contributed by atoms with Crippen molar-refractivity contribution >= 4 is 15.7 Å². The van der Waals surface area contributed by atoms with Crippen molar-refractivity contribution in [2.45, 2.75) is 83.5 Å². The third-order valence-corrected chi connectivity index (χ3v) is 7.21. The lowest BCUT2D eigenvalue weighted by Gasteiger charge is -2.23. The van der Waals surface area contributed by atoms with Gasteiger partial charge in [0.05, 0.1) is 4.90 Å². The molecule has 28 heavy (non-hydrogen) atoms. The topological polar surface area (TPSA) is 46.2 Å². The van der Waals surface area contributed by atoms with Gasteiger partial charge in [-0.1, -0.05) is 59.7 Å². The second-order valence-corrected chi connectivity index (χ2v) is 10.6. The van der Waals surface area contributed by atoms with Crippen molar-refractivity contribution in [2.75, 3.05) is 4.72 Å². The zero-order valence-corrected chi connectivity index (χ0v) is 18.8. The Morgan fingerprint density at radius 1 is 0.786 bits per heavy atom. The van der Waals surface area contributed by atoms with Gasteiger partial charge in [-0.25, -0.2) is 8.42 Å². The maximum Gasteiger partial charge on any atom is 0.262 e. The van der Waals surface area contributed by atoms with Crippen LogP contribution < -0.4 is 4.72 Å². The highest BCUT2D eigenvalue weighted by molar-refractivity contribution is 7.92. The maximum atomic E-state index is 13.5. The van der Waals surface area contributed by atoms with Gasteiger partial charge in [0.15, 0.2) is 0 Å². The first-order chi connectivity index (χ1) is 13.1. The highest BCUT2D eigenvalue weighted by Gasteiger charge is 2.27. The molecule has 0 spiro atoms. The number of anilines is 1. The number of nitrogens with one attached hydrogen (secondary N) is 1. The number of rotatable bonds is 6. The van der Waals surface area contributed by atoms with Crippen LogP contribution in [0.3, 0.4) is 0 Å². The average molecular weight is 400 g/mol. The lowest BCUT2D eigenvalue weighted by atomic mass is 9.89. The molecule has 0 saturated carbocycles. The average Bonchev–Trinajstić information content (AvgIpc) is 3.07. The summed E-state index contributed by atoms with van der Waals surface area (Å²) < 4.78 is 29.9. The fourth-order valence-corrected chi connectivity index (χ4v) is 5.79. The summed E-state index contributed by atoms with van der Waals surface area (Å²) in [5.74, 6) is 0.613. The van der Waals surface area contributed by atoms with Gasteiger partial charge in [-0.2, -0.15) is 0 Å². The van der Waals surface area contributed by atoms with Gasteiger partial charge in [0.25, 0.3) is 10.0 Å². The fraction of sp³-hybridized carbons (Fsp3) is 0.500. The number of hydrogen-bond donors (Lipinski definition) is 1. The van der Waals surface area contributed by atoms with E-state index in [-0.39, 0.29) is 11.8 Å². The van der Waals surface area contributed by atoms with Crippen molar-refractivity contribution in [1.29, 1.82) is 0 Å². The van der Waals surface area contributed by atoms with E-state index in [1.807, 2.05) is 12.1 Å². The van der Waals surface area contributed by atoms with Crippen molar-refractivity contribution in [2.24, 2.45) is 0 Å². The number of aryl methyl sites for hydroxylation is 2. The third kappa shape index (κ3) is 4.12. The van der Waals surface area contributed by atoms with Crippen LogP contribution in [-0.4, -0.2) is 8.42 Å². The molecule has 0 atom stereocenters. The SMILES string of the molecule is CC(C)c1cc(C(C)C)c(S(=O)(=O)Nc2ccc3c(c2)CCC3)c(C(C)C)c1. The first-order valence-electron chi connectivity index (χ1n) is 10.4. The van der Waals surface area contributed by atoms with Gasteiger partial charge in [0, 0.05) is 5.69 Å². The molecule has 0 radical (unpaired) electrons. The Bertz CT molecular complexity index is 943. The van der Waals surface area contributed by atoms with E-state index in [0.717, 1.165) is 30.4 Å². The quantitative estimate of drug-likeness (QED) is 0.615. The van der Waals surface area contributed by atoms with Crippen LogP contribution in [0, 0.1) is 0 Å². The molecular weight excluding hydrogens is 366 g/mol. The van der Waals surface area contributed by atoms with Crippen molar-refractivity contribution in [3.8, 4) is 0 Å². The van der Waals surface area contributed by atoms with Gasteiger partial charge in [-0.15, -0.1) is 0 Å². The smallest absolute Gasteiger partial charge is 0.262 e. The first-order valence-corrected chi connectivity index (χ1v) is 11.9. The molecule has 0 aliphatic heterocycles. The Balaban J connectivity index is 2.12. The van der Waals surface area contributed by atoms with Gasteiger partial charge < -0.3 is 0 Å². The van der Waals surface area contributed by atoms with E-state index in [2.05, 4.69) is 64.5 Å². The number of fused-ring (bicyclic) bond motifs is 1. The minimum atomic E-state index is -3.67. The summed E-state index contributed by atoms with van der Waals surface area (Å²) in [7, 11) is -3.67. The molecule has 0 bridgehead atoms. The van der Waals surface area contributed by atoms with E-state index in [1.165, 1.54) is 16.7 Å². The summed E-state index contributed by atoms with van der Waals surface area (Å²) >= 11 is 0. The van der Waals surface area contributed by atoms with Gasteiger partial charge in [-0.3, -0.25) is 4.72 Å². The van der Waals surface area contributed by atoms with Gasteiger partial charge in [-0.05, 0) is 77.0 Å². The van der Waals surface area contributed by atoms with Crippen LogP contribution in [0.4, 0.5) is 5.69 Å². The molecule has 3 rings (SSSR count). The maximum absolute atomic E-state index is 13.5. The summed E-state index contributed by atoms with van der Waals surface area (Å²) in [6.45, 7) is 12.6. The van der Waals surface area contributed by atoms with Crippen molar-refractivity contribution < 1.29 is 8.42 Å². The minimum Gasteiger partial charge on any atom is -0.280 e. The van der Waals surface area contributed by atoms with E-state index in [1.54, 1.807) is 0 Å². The van der Waals surface area contributed by atoms with Crippen LogP contribution in [0.2, 0.25) is 0 Å². The summed E-state index contributed by atoms with van der Waals surface area (Å²) in [5.41, 5.74) is 6.28. The molecule has 1 aliphatic rings. The van der Waals surface area contributed by atoms with Crippen LogP contribution in [0.1, 0.15) is 93.5 Å². The normalized spacial score (nSPS) is 14.2. The van der Waals surface area contributed by atoms with Crippen LogP contribution in [0.25, 0.3) is 0 Å².